The lowest BCUT2D eigenvalue weighted by Gasteiger charge is -2.14. The summed E-state index contributed by atoms with van der Waals surface area (Å²) in [6.45, 7) is 10.0. The summed E-state index contributed by atoms with van der Waals surface area (Å²) in [5.41, 5.74) is 4.93. The van der Waals surface area contributed by atoms with Crippen LogP contribution in [-0.2, 0) is 13.0 Å². The molecule has 1 atom stereocenters. The van der Waals surface area contributed by atoms with Crippen LogP contribution in [0.25, 0.3) is 11.0 Å². The van der Waals surface area contributed by atoms with Crippen molar-refractivity contribution in [3.8, 4) is 0 Å². The standard InChI is InChI=1S/C17H26N2O/c1-5-12(2)11-19-16-10-14(4)13(3)9-15(16)18-17(19)7-6-8-20/h9-10,12,20H,5-8,11H2,1-4H3. The maximum Gasteiger partial charge on any atom is 0.109 e. The Bertz CT molecular complexity index is 586. The van der Waals surface area contributed by atoms with Gasteiger partial charge in [-0.25, -0.2) is 4.98 Å². The fourth-order valence-corrected chi connectivity index (χ4v) is 2.50. The third kappa shape index (κ3) is 3.04. The summed E-state index contributed by atoms with van der Waals surface area (Å²) in [4.78, 5) is 4.79. The minimum absolute atomic E-state index is 0.227. The van der Waals surface area contributed by atoms with Crippen molar-refractivity contribution in [2.24, 2.45) is 5.92 Å². The lowest BCUT2D eigenvalue weighted by molar-refractivity contribution is 0.286. The number of rotatable bonds is 6. The molecule has 2 rings (SSSR count). The number of hydrogen-bond acceptors (Lipinski definition) is 2. The van der Waals surface area contributed by atoms with Crippen molar-refractivity contribution in [3.63, 3.8) is 0 Å². The Labute approximate surface area is 121 Å². The van der Waals surface area contributed by atoms with E-state index in [1.54, 1.807) is 0 Å². The van der Waals surface area contributed by atoms with E-state index < -0.39 is 0 Å². The van der Waals surface area contributed by atoms with Gasteiger partial charge in [0.1, 0.15) is 5.82 Å². The summed E-state index contributed by atoms with van der Waals surface area (Å²) in [6.07, 6.45) is 2.80. The second-order valence-corrected chi connectivity index (χ2v) is 5.90. The number of aromatic nitrogens is 2. The average Bonchev–Trinajstić information content (AvgIpc) is 2.74. The SMILES string of the molecule is CCC(C)Cn1c(CCCO)nc2cc(C)c(C)cc21. The molecule has 0 amide bonds. The van der Waals surface area contributed by atoms with Gasteiger partial charge in [0.15, 0.2) is 0 Å². The van der Waals surface area contributed by atoms with E-state index in [4.69, 9.17) is 10.1 Å². The van der Waals surface area contributed by atoms with Crippen LogP contribution in [0.5, 0.6) is 0 Å². The molecule has 0 fully saturated rings. The lowest BCUT2D eigenvalue weighted by atomic mass is 10.1. The number of aliphatic hydroxyl groups excluding tert-OH is 1. The van der Waals surface area contributed by atoms with E-state index in [-0.39, 0.29) is 6.61 Å². The van der Waals surface area contributed by atoms with Crippen molar-refractivity contribution in [2.45, 2.75) is 53.5 Å². The van der Waals surface area contributed by atoms with Crippen molar-refractivity contribution >= 4 is 11.0 Å². The molecule has 0 aliphatic carbocycles. The molecule has 1 N–H and O–H groups in total. The molecule has 1 aromatic heterocycles. The molecule has 0 bridgehead atoms. The zero-order valence-corrected chi connectivity index (χ0v) is 13.1. The van der Waals surface area contributed by atoms with E-state index in [9.17, 15) is 0 Å². The number of imidazole rings is 1. The third-order valence-corrected chi connectivity index (χ3v) is 4.19. The molecule has 3 nitrogen and oxygen atoms in total. The van der Waals surface area contributed by atoms with E-state index >= 15 is 0 Å². The first-order valence-electron chi connectivity index (χ1n) is 7.64. The Hall–Kier alpha value is -1.35. The molecular formula is C17H26N2O. The van der Waals surface area contributed by atoms with Crippen molar-refractivity contribution < 1.29 is 5.11 Å². The molecule has 0 aliphatic rings. The first-order valence-corrected chi connectivity index (χ1v) is 7.64. The smallest absolute Gasteiger partial charge is 0.109 e. The highest BCUT2D eigenvalue weighted by Crippen LogP contribution is 2.23. The Morgan fingerprint density at radius 1 is 1.25 bits per heavy atom. The van der Waals surface area contributed by atoms with Crippen LogP contribution in [0.15, 0.2) is 12.1 Å². The van der Waals surface area contributed by atoms with Gasteiger partial charge in [-0.3, -0.25) is 0 Å². The number of aryl methyl sites for hydroxylation is 3. The number of aliphatic hydroxyl groups is 1. The first kappa shape index (κ1) is 15.0. The fourth-order valence-electron chi connectivity index (χ4n) is 2.50. The topological polar surface area (TPSA) is 38.0 Å². The predicted molar refractivity (Wildman–Crippen MR) is 84.1 cm³/mol. The van der Waals surface area contributed by atoms with Crippen LogP contribution in [0.1, 0.15) is 43.6 Å². The van der Waals surface area contributed by atoms with Crippen molar-refractivity contribution in [3.05, 3.63) is 29.1 Å². The Morgan fingerprint density at radius 3 is 2.60 bits per heavy atom. The Morgan fingerprint density at radius 2 is 1.95 bits per heavy atom. The predicted octanol–water partition coefficient (Wildman–Crippen LogP) is 3.62. The van der Waals surface area contributed by atoms with E-state index in [1.807, 2.05) is 0 Å². The molecule has 2 aromatic rings. The molecule has 0 radical (unpaired) electrons. The quantitative estimate of drug-likeness (QED) is 0.873. The van der Waals surface area contributed by atoms with E-state index in [1.165, 1.54) is 23.1 Å². The molecule has 1 unspecified atom stereocenters. The summed E-state index contributed by atoms with van der Waals surface area (Å²) >= 11 is 0. The maximum atomic E-state index is 9.07. The van der Waals surface area contributed by atoms with Crippen LogP contribution >= 0.6 is 0 Å². The Balaban J connectivity index is 2.49. The Kier molecular flexibility index (Phi) is 4.81. The lowest BCUT2D eigenvalue weighted by Crippen LogP contribution is -2.11. The highest BCUT2D eigenvalue weighted by molar-refractivity contribution is 5.78. The number of benzene rings is 1. The van der Waals surface area contributed by atoms with E-state index in [0.717, 1.165) is 30.7 Å². The summed E-state index contributed by atoms with van der Waals surface area (Å²) in [5.74, 6) is 1.75. The molecule has 0 saturated heterocycles. The maximum absolute atomic E-state index is 9.07. The highest BCUT2D eigenvalue weighted by Gasteiger charge is 2.13. The zero-order valence-electron chi connectivity index (χ0n) is 13.1. The minimum Gasteiger partial charge on any atom is -0.396 e. The molecule has 0 aliphatic heterocycles. The van der Waals surface area contributed by atoms with Gasteiger partial charge in [0, 0.05) is 19.6 Å². The van der Waals surface area contributed by atoms with Crippen LogP contribution in [0.3, 0.4) is 0 Å². The van der Waals surface area contributed by atoms with Crippen LogP contribution in [-0.4, -0.2) is 21.3 Å². The number of fused-ring (bicyclic) bond motifs is 1. The molecule has 20 heavy (non-hydrogen) atoms. The normalized spacial score (nSPS) is 13.1. The van der Waals surface area contributed by atoms with Crippen molar-refractivity contribution in [1.29, 1.82) is 0 Å². The summed E-state index contributed by atoms with van der Waals surface area (Å²) in [6, 6.07) is 4.43. The molecule has 3 heteroatoms. The van der Waals surface area contributed by atoms with Crippen LogP contribution in [0.2, 0.25) is 0 Å². The molecule has 1 heterocycles. The largest absolute Gasteiger partial charge is 0.396 e. The van der Waals surface area contributed by atoms with Gasteiger partial charge in [0.05, 0.1) is 11.0 Å². The van der Waals surface area contributed by atoms with Crippen molar-refractivity contribution in [2.75, 3.05) is 6.61 Å². The minimum atomic E-state index is 0.227. The van der Waals surface area contributed by atoms with E-state index in [0.29, 0.717) is 5.92 Å². The van der Waals surface area contributed by atoms with Crippen LogP contribution in [0.4, 0.5) is 0 Å². The molecular weight excluding hydrogens is 248 g/mol. The average molecular weight is 274 g/mol. The van der Waals surface area contributed by atoms with Gasteiger partial charge in [-0.1, -0.05) is 20.3 Å². The molecule has 0 spiro atoms. The molecule has 110 valence electrons. The van der Waals surface area contributed by atoms with Gasteiger partial charge >= 0.3 is 0 Å². The monoisotopic (exact) mass is 274 g/mol. The van der Waals surface area contributed by atoms with E-state index in [2.05, 4.69) is 44.4 Å². The van der Waals surface area contributed by atoms with Gasteiger partial charge < -0.3 is 9.67 Å². The van der Waals surface area contributed by atoms with Gasteiger partial charge in [0.2, 0.25) is 0 Å². The number of hydrogen-bond donors (Lipinski definition) is 1. The zero-order chi connectivity index (χ0) is 14.7. The summed E-state index contributed by atoms with van der Waals surface area (Å²) in [7, 11) is 0. The van der Waals surface area contributed by atoms with Crippen molar-refractivity contribution in [1.82, 2.24) is 9.55 Å². The van der Waals surface area contributed by atoms with Gasteiger partial charge in [0.25, 0.3) is 0 Å². The van der Waals surface area contributed by atoms with Crippen LogP contribution < -0.4 is 0 Å². The van der Waals surface area contributed by atoms with Gasteiger partial charge in [-0.15, -0.1) is 0 Å². The summed E-state index contributed by atoms with van der Waals surface area (Å²) in [5, 5.41) is 9.07. The van der Waals surface area contributed by atoms with Gasteiger partial charge in [-0.05, 0) is 49.4 Å². The van der Waals surface area contributed by atoms with Crippen LogP contribution in [0, 0.1) is 19.8 Å². The number of nitrogens with zero attached hydrogens (tertiary/aromatic N) is 2. The molecule has 0 saturated carbocycles. The second-order valence-electron chi connectivity index (χ2n) is 5.90. The third-order valence-electron chi connectivity index (χ3n) is 4.19. The summed E-state index contributed by atoms with van der Waals surface area (Å²) < 4.78 is 2.35. The first-order chi connectivity index (χ1) is 9.56. The van der Waals surface area contributed by atoms with Gasteiger partial charge in [-0.2, -0.15) is 0 Å². The fraction of sp³-hybridized carbons (Fsp3) is 0.588. The second kappa shape index (κ2) is 6.40. The molecule has 1 aromatic carbocycles. The highest BCUT2D eigenvalue weighted by atomic mass is 16.2.